The van der Waals surface area contributed by atoms with Crippen LogP contribution in [0.2, 0.25) is 0 Å². The van der Waals surface area contributed by atoms with Gasteiger partial charge in [-0.1, -0.05) is 17.5 Å². The lowest BCUT2D eigenvalue weighted by atomic mass is 9.98. The minimum atomic E-state index is -0.986. The summed E-state index contributed by atoms with van der Waals surface area (Å²) in [4.78, 5) is 0.628. The van der Waals surface area contributed by atoms with E-state index >= 15 is 0 Å². The number of halogens is 1. The van der Waals surface area contributed by atoms with Gasteiger partial charge in [0, 0.05) is 5.56 Å². The average molecular weight is 266 g/mol. The minimum absolute atomic E-state index is 0.321. The van der Waals surface area contributed by atoms with E-state index in [1.165, 1.54) is 6.07 Å². The SMILES string of the molecule is CCc1nnsc1C(O)c1c(C)cc(C)cc1F. The Bertz CT molecular complexity index is 545. The molecule has 0 bridgehead atoms. The van der Waals surface area contributed by atoms with E-state index in [4.69, 9.17) is 0 Å². The Balaban J connectivity index is 2.49. The summed E-state index contributed by atoms with van der Waals surface area (Å²) in [7, 11) is 0. The third kappa shape index (κ3) is 2.28. The van der Waals surface area contributed by atoms with E-state index in [1.807, 2.05) is 19.9 Å². The van der Waals surface area contributed by atoms with Gasteiger partial charge in [-0.15, -0.1) is 5.10 Å². The van der Waals surface area contributed by atoms with Crippen molar-refractivity contribution < 1.29 is 9.50 Å². The first-order valence-corrected chi connectivity index (χ1v) is 6.57. The van der Waals surface area contributed by atoms with Gasteiger partial charge in [-0.25, -0.2) is 4.39 Å². The summed E-state index contributed by atoms with van der Waals surface area (Å²) in [6, 6.07) is 3.30. The zero-order chi connectivity index (χ0) is 13.3. The average Bonchev–Trinajstić information content (AvgIpc) is 2.75. The Morgan fingerprint density at radius 3 is 2.72 bits per heavy atom. The minimum Gasteiger partial charge on any atom is -0.383 e. The molecule has 2 rings (SSSR count). The molecule has 0 saturated carbocycles. The fourth-order valence-corrected chi connectivity index (χ4v) is 2.81. The van der Waals surface area contributed by atoms with Gasteiger partial charge in [-0.2, -0.15) is 0 Å². The smallest absolute Gasteiger partial charge is 0.129 e. The van der Waals surface area contributed by atoms with Crippen molar-refractivity contribution in [3.05, 3.63) is 45.2 Å². The zero-order valence-corrected chi connectivity index (χ0v) is 11.4. The van der Waals surface area contributed by atoms with Crippen LogP contribution in [0.4, 0.5) is 4.39 Å². The molecule has 1 atom stereocenters. The van der Waals surface area contributed by atoms with Gasteiger partial charge in [0.15, 0.2) is 0 Å². The molecular weight excluding hydrogens is 251 g/mol. The molecule has 0 aliphatic carbocycles. The normalized spacial score (nSPS) is 12.7. The second-order valence-electron chi connectivity index (χ2n) is 4.32. The third-order valence-corrected chi connectivity index (χ3v) is 3.74. The van der Waals surface area contributed by atoms with Crippen molar-refractivity contribution >= 4 is 11.5 Å². The number of aliphatic hydroxyl groups excluding tert-OH is 1. The van der Waals surface area contributed by atoms with E-state index in [2.05, 4.69) is 9.59 Å². The van der Waals surface area contributed by atoms with Crippen molar-refractivity contribution in [2.75, 3.05) is 0 Å². The van der Waals surface area contributed by atoms with Gasteiger partial charge in [0.25, 0.3) is 0 Å². The molecular formula is C13H15FN2OS. The first-order chi connectivity index (χ1) is 8.54. The summed E-state index contributed by atoms with van der Waals surface area (Å²) in [5.74, 6) is -0.379. The Morgan fingerprint density at radius 2 is 2.11 bits per heavy atom. The van der Waals surface area contributed by atoms with Gasteiger partial charge < -0.3 is 5.11 Å². The highest BCUT2D eigenvalue weighted by Crippen LogP contribution is 2.31. The Morgan fingerprint density at radius 1 is 1.39 bits per heavy atom. The summed E-state index contributed by atoms with van der Waals surface area (Å²) < 4.78 is 17.8. The van der Waals surface area contributed by atoms with Crippen LogP contribution in [0.1, 0.15) is 40.3 Å². The molecule has 1 unspecified atom stereocenters. The van der Waals surface area contributed by atoms with Crippen LogP contribution in [-0.4, -0.2) is 14.7 Å². The molecule has 0 saturated heterocycles. The highest BCUT2D eigenvalue weighted by atomic mass is 32.1. The fourth-order valence-electron chi connectivity index (χ4n) is 2.07. The number of rotatable bonds is 3. The van der Waals surface area contributed by atoms with Crippen LogP contribution >= 0.6 is 11.5 Å². The summed E-state index contributed by atoms with van der Waals surface area (Å²) >= 11 is 1.12. The number of benzene rings is 1. The zero-order valence-electron chi connectivity index (χ0n) is 10.6. The molecule has 5 heteroatoms. The Kier molecular flexibility index (Phi) is 3.73. The van der Waals surface area contributed by atoms with Crippen LogP contribution in [0.15, 0.2) is 12.1 Å². The van der Waals surface area contributed by atoms with Crippen molar-refractivity contribution in [2.24, 2.45) is 0 Å². The van der Waals surface area contributed by atoms with E-state index in [1.54, 1.807) is 6.92 Å². The quantitative estimate of drug-likeness (QED) is 0.929. The maximum atomic E-state index is 14.0. The number of hydrogen-bond acceptors (Lipinski definition) is 4. The molecule has 3 nitrogen and oxygen atoms in total. The van der Waals surface area contributed by atoms with E-state index < -0.39 is 6.10 Å². The van der Waals surface area contributed by atoms with Crippen molar-refractivity contribution in [1.82, 2.24) is 9.59 Å². The van der Waals surface area contributed by atoms with Crippen molar-refractivity contribution in [3.63, 3.8) is 0 Å². The third-order valence-electron chi connectivity index (χ3n) is 2.92. The predicted octanol–water partition coefficient (Wildman–Crippen LogP) is 2.94. The van der Waals surface area contributed by atoms with E-state index in [0.717, 1.165) is 28.4 Å². The lowest BCUT2D eigenvalue weighted by Gasteiger charge is -2.14. The number of hydrogen-bond donors (Lipinski definition) is 1. The van der Waals surface area contributed by atoms with Gasteiger partial charge in [-0.05, 0) is 49.0 Å². The van der Waals surface area contributed by atoms with E-state index in [0.29, 0.717) is 16.9 Å². The van der Waals surface area contributed by atoms with Crippen LogP contribution in [0, 0.1) is 19.7 Å². The highest BCUT2D eigenvalue weighted by Gasteiger charge is 2.22. The number of aryl methyl sites for hydroxylation is 3. The number of aromatic nitrogens is 2. The predicted molar refractivity (Wildman–Crippen MR) is 69.2 cm³/mol. The number of aliphatic hydroxyl groups is 1. The van der Waals surface area contributed by atoms with Crippen LogP contribution in [0.25, 0.3) is 0 Å². The number of nitrogens with zero attached hydrogens (tertiary/aromatic N) is 2. The molecule has 2 aromatic rings. The molecule has 0 amide bonds. The molecule has 1 N–H and O–H groups in total. The standard InChI is InChI=1S/C13H15FN2OS/c1-4-10-13(18-16-15-10)12(17)11-8(3)5-7(2)6-9(11)14/h5-6,12,17H,4H2,1-3H3. The molecule has 1 aromatic heterocycles. The van der Waals surface area contributed by atoms with Gasteiger partial charge in [0.1, 0.15) is 11.9 Å². The molecule has 1 heterocycles. The largest absolute Gasteiger partial charge is 0.383 e. The summed E-state index contributed by atoms with van der Waals surface area (Å²) in [6.07, 6.45) is -0.310. The second kappa shape index (κ2) is 5.12. The summed E-state index contributed by atoms with van der Waals surface area (Å²) in [5, 5.41) is 14.3. The molecule has 0 aliphatic heterocycles. The first kappa shape index (κ1) is 13.1. The van der Waals surface area contributed by atoms with Crippen molar-refractivity contribution in [2.45, 2.75) is 33.3 Å². The molecule has 0 aliphatic rings. The maximum absolute atomic E-state index is 14.0. The van der Waals surface area contributed by atoms with Gasteiger partial charge in [-0.3, -0.25) is 0 Å². The van der Waals surface area contributed by atoms with Gasteiger partial charge in [0.2, 0.25) is 0 Å². The molecule has 0 spiro atoms. The van der Waals surface area contributed by atoms with Crippen molar-refractivity contribution in [3.8, 4) is 0 Å². The fraction of sp³-hybridized carbons (Fsp3) is 0.385. The Labute approximate surface area is 109 Å². The van der Waals surface area contributed by atoms with Gasteiger partial charge in [0.05, 0.1) is 10.6 Å². The lowest BCUT2D eigenvalue weighted by Crippen LogP contribution is -2.06. The monoisotopic (exact) mass is 266 g/mol. The van der Waals surface area contributed by atoms with Crippen LogP contribution in [0.3, 0.4) is 0 Å². The summed E-state index contributed by atoms with van der Waals surface area (Å²) in [6.45, 7) is 5.57. The van der Waals surface area contributed by atoms with Crippen LogP contribution in [-0.2, 0) is 6.42 Å². The molecule has 18 heavy (non-hydrogen) atoms. The maximum Gasteiger partial charge on any atom is 0.129 e. The van der Waals surface area contributed by atoms with E-state index in [9.17, 15) is 9.50 Å². The first-order valence-electron chi connectivity index (χ1n) is 5.80. The summed E-state index contributed by atoms with van der Waals surface area (Å²) in [5.41, 5.74) is 2.64. The van der Waals surface area contributed by atoms with Gasteiger partial charge >= 0.3 is 0 Å². The van der Waals surface area contributed by atoms with Crippen LogP contribution < -0.4 is 0 Å². The highest BCUT2D eigenvalue weighted by molar-refractivity contribution is 7.05. The van der Waals surface area contributed by atoms with Crippen LogP contribution in [0.5, 0.6) is 0 Å². The molecule has 0 radical (unpaired) electrons. The topological polar surface area (TPSA) is 46.0 Å². The van der Waals surface area contributed by atoms with E-state index in [-0.39, 0.29) is 5.82 Å². The lowest BCUT2D eigenvalue weighted by molar-refractivity contribution is 0.216. The molecule has 1 aromatic carbocycles. The molecule has 0 fully saturated rings. The van der Waals surface area contributed by atoms with Crippen molar-refractivity contribution in [1.29, 1.82) is 0 Å². The Hall–Kier alpha value is -1.33. The second-order valence-corrected chi connectivity index (χ2v) is 5.10. The molecule has 96 valence electrons.